The number of hydrogen-bond acceptors (Lipinski definition) is 5. The first-order chi connectivity index (χ1) is 11.2. The van der Waals surface area contributed by atoms with E-state index in [0.29, 0.717) is 0 Å². The molecule has 0 radical (unpaired) electrons. The van der Waals surface area contributed by atoms with Crippen molar-refractivity contribution in [1.29, 1.82) is 0 Å². The van der Waals surface area contributed by atoms with Crippen molar-refractivity contribution in [2.45, 2.75) is 31.6 Å². The second-order valence-electron chi connectivity index (χ2n) is 5.95. The molecular formula is C16H21N3O4S. The highest BCUT2D eigenvalue weighted by atomic mass is 32.2. The Kier molecular flexibility index (Phi) is 5.10. The molecule has 1 heterocycles. The van der Waals surface area contributed by atoms with Gasteiger partial charge in [-0.25, -0.2) is 13.9 Å². The topological polar surface area (TPSA) is 101 Å². The SMILES string of the molecule is Cc1nn(CCC(C)(C(=O)NO)S(C)(=O)=O)cc1-c1ccccc1. The van der Waals surface area contributed by atoms with Gasteiger partial charge in [0, 0.05) is 24.6 Å². The fraction of sp³-hybridized carbons (Fsp3) is 0.375. The second-order valence-corrected chi connectivity index (χ2v) is 8.40. The van der Waals surface area contributed by atoms with Crippen LogP contribution < -0.4 is 5.48 Å². The largest absolute Gasteiger partial charge is 0.289 e. The molecule has 130 valence electrons. The summed E-state index contributed by atoms with van der Waals surface area (Å²) in [6.07, 6.45) is 2.80. The maximum atomic E-state index is 12.0. The molecule has 0 aliphatic heterocycles. The number of benzene rings is 1. The summed E-state index contributed by atoms with van der Waals surface area (Å²) in [6, 6.07) is 9.72. The van der Waals surface area contributed by atoms with Crippen LogP contribution in [0, 0.1) is 6.92 Å². The predicted octanol–water partition coefficient (Wildman–Crippen LogP) is 1.56. The van der Waals surface area contributed by atoms with E-state index in [2.05, 4.69) is 5.10 Å². The Labute approximate surface area is 141 Å². The molecule has 7 nitrogen and oxygen atoms in total. The molecule has 0 fully saturated rings. The van der Waals surface area contributed by atoms with Gasteiger partial charge in [0.05, 0.1) is 5.69 Å². The fourth-order valence-electron chi connectivity index (χ4n) is 2.45. The van der Waals surface area contributed by atoms with E-state index in [9.17, 15) is 13.2 Å². The molecule has 0 aliphatic rings. The van der Waals surface area contributed by atoms with E-state index in [-0.39, 0.29) is 13.0 Å². The summed E-state index contributed by atoms with van der Waals surface area (Å²) in [5.74, 6) is -0.947. The zero-order valence-electron chi connectivity index (χ0n) is 13.9. The molecule has 8 heteroatoms. The standard InChI is InChI=1S/C16H21N3O4S/c1-12-14(13-7-5-4-6-8-13)11-19(17-12)10-9-16(2,15(20)18-21)24(3,22)23/h4-8,11,21H,9-10H2,1-3H3,(H,18,20). The summed E-state index contributed by atoms with van der Waals surface area (Å²) in [7, 11) is -3.71. The van der Waals surface area contributed by atoms with Crippen molar-refractivity contribution in [3.05, 3.63) is 42.2 Å². The summed E-state index contributed by atoms with van der Waals surface area (Å²) in [5.41, 5.74) is 4.22. The van der Waals surface area contributed by atoms with E-state index < -0.39 is 20.5 Å². The van der Waals surface area contributed by atoms with Gasteiger partial charge in [-0.05, 0) is 25.8 Å². The van der Waals surface area contributed by atoms with Crippen LogP contribution in [-0.2, 0) is 21.2 Å². The number of hydrogen-bond donors (Lipinski definition) is 2. The van der Waals surface area contributed by atoms with Crippen molar-refractivity contribution in [1.82, 2.24) is 15.3 Å². The van der Waals surface area contributed by atoms with Crippen LogP contribution in [0.4, 0.5) is 0 Å². The highest BCUT2D eigenvalue weighted by Crippen LogP contribution is 2.25. The van der Waals surface area contributed by atoms with Crippen LogP contribution in [0.15, 0.2) is 36.5 Å². The van der Waals surface area contributed by atoms with Crippen molar-refractivity contribution >= 4 is 15.7 Å². The zero-order chi connectivity index (χ0) is 18.0. The molecule has 1 aromatic carbocycles. The summed E-state index contributed by atoms with van der Waals surface area (Å²) < 4.78 is 23.8. The van der Waals surface area contributed by atoms with Crippen LogP contribution in [0.1, 0.15) is 19.0 Å². The third kappa shape index (κ3) is 3.49. The number of amides is 1. The van der Waals surface area contributed by atoms with Gasteiger partial charge in [0.25, 0.3) is 5.91 Å². The van der Waals surface area contributed by atoms with Gasteiger partial charge >= 0.3 is 0 Å². The van der Waals surface area contributed by atoms with Crippen molar-refractivity contribution in [3.8, 4) is 11.1 Å². The summed E-state index contributed by atoms with van der Waals surface area (Å²) >= 11 is 0. The Morgan fingerprint density at radius 3 is 2.50 bits per heavy atom. The van der Waals surface area contributed by atoms with Crippen LogP contribution in [0.25, 0.3) is 11.1 Å². The lowest BCUT2D eigenvalue weighted by atomic mass is 10.1. The van der Waals surface area contributed by atoms with Crippen molar-refractivity contribution in [3.63, 3.8) is 0 Å². The molecule has 0 spiro atoms. The highest BCUT2D eigenvalue weighted by Gasteiger charge is 2.43. The van der Waals surface area contributed by atoms with Gasteiger partial charge in [0.15, 0.2) is 14.6 Å². The van der Waals surface area contributed by atoms with Gasteiger partial charge < -0.3 is 0 Å². The van der Waals surface area contributed by atoms with Crippen LogP contribution >= 0.6 is 0 Å². The monoisotopic (exact) mass is 351 g/mol. The summed E-state index contributed by atoms with van der Waals surface area (Å²) in [5, 5.41) is 13.2. The molecule has 1 aromatic heterocycles. The number of nitrogens with one attached hydrogen (secondary N) is 1. The summed E-state index contributed by atoms with van der Waals surface area (Å²) in [6.45, 7) is 3.39. The fourth-order valence-corrected chi connectivity index (χ4v) is 3.29. The quantitative estimate of drug-likeness (QED) is 0.607. The number of carbonyl (C=O) groups is 1. The van der Waals surface area contributed by atoms with E-state index >= 15 is 0 Å². The number of rotatable bonds is 6. The zero-order valence-corrected chi connectivity index (χ0v) is 14.7. The number of sulfone groups is 1. The average molecular weight is 351 g/mol. The smallest absolute Gasteiger partial charge is 0.264 e. The van der Waals surface area contributed by atoms with E-state index in [4.69, 9.17) is 5.21 Å². The maximum Gasteiger partial charge on any atom is 0.264 e. The van der Waals surface area contributed by atoms with E-state index in [1.54, 1.807) is 4.68 Å². The van der Waals surface area contributed by atoms with Gasteiger partial charge in [0.1, 0.15) is 0 Å². The van der Waals surface area contributed by atoms with Crippen molar-refractivity contribution < 1.29 is 18.4 Å². The lowest BCUT2D eigenvalue weighted by molar-refractivity contribution is -0.131. The van der Waals surface area contributed by atoms with Crippen LogP contribution in [-0.4, -0.2) is 40.3 Å². The Morgan fingerprint density at radius 1 is 1.33 bits per heavy atom. The number of nitrogens with zero attached hydrogens (tertiary/aromatic N) is 2. The Hall–Kier alpha value is -2.19. The van der Waals surface area contributed by atoms with E-state index in [1.165, 1.54) is 12.4 Å². The first-order valence-corrected chi connectivity index (χ1v) is 9.32. The third-order valence-corrected chi connectivity index (χ3v) is 6.28. The molecule has 2 N–H and O–H groups in total. The number of aryl methyl sites for hydroxylation is 2. The Bertz CT molecular complexity index is 830. The minimum Gasteiger partial charge on any atom is -0.289 e. The third-order valence-electron chi connectivity index (χ3n) is 4.25. The molecular weight excluding hydrogens is 330 g/mol. The predicted molar refractivity (Wildman–Crippen MR) is 90.2 cm³/mol. The van der Waals surface area contributed by atoms with Crippen molar-refractivity contribution in [2.24, 2.45) is 0 Å². The van der Waals surface area contributed by atoms with Crippen LogP contribution in [0.3, 0.4) is 0 Å². The van der Waals surface area contributed by atoms with Crippen LogP contribution in [0.5, 0.6) is 0 Å². The lowest BCUT2D eigenvalue weighted by Gasteiger charge is -2.24. The maximum absolute atomic E-state index is 12.0. The van der Waals surface area contributed by atoms with Gasteiger partial charge in [-0.2, -0.15) is 5.10 Å². The molecule has 0 saturated carbocycles. The first-order valence-electron chi connectivity index (χ1n) is 7.42. The molecule has 2 rings (SSSR count). The Morgan fingerprint density at radius 2 is 1.96 bits per heavy atom. The van der Waals surface area contributed by atoms with Gasteiger partial charge in [-0.15, -0.1) is 0 Å². The van der Waals surface area contributed by atoms with E-state index in [1.807, 2.05) is 43.5 Å². The lowest BCUT2D eigenvalue weighted by Crippen LogP contribution is -2.49. The van der Waals surface area contributed by atoms with Crippen molar-refractivity contribution in [2.75, 3.05) is 6.26 Å². The van der Waals surface area contributed by atoms with Gasteiger partial charge in [0.2, 0.25) is 0 Å². The molecule has 1 atom stereocenters. The molecule has 1 unspecified atom stereocenters. The van der Waals surface area contributed by atoms with Gasteiger partial charge in [-0.3, -0.25) is 14.7 Å². The average Bonchev–Trinajstić information content (AvgIpc) is 2.92. The Balaban J connectivity index is 2.25. The molecule has 0 aliphatic carbocycles. The normalized spacial score (nSPS) is 14.2. The van der Waals surface area contributed by atoms with Crippen LogP contribution in [0.2, 0.25) is 0 Å². The number of aromatic nitrogens is 2. The number of carbonyl (C=O) groups excluding carboxylic acids is 1. The molecule has 24 heavy (non-hydrogen) atoms. The molecule has 1 amide bonds. The summed E-state index contributed by atoms with van der Waals surface area (Å²) in [4.78, 5) is 11.8. The van der Waals surface area contributed by atoms with E-state index in [0.717, 1.165) is 23.1 Å². The minimum absolute atomic E-state index is 0.00637. The minimum atomic E-state index is -3.71. The van der Waals surface area contributed by atoms with Gasteiger partial charge in [-0.1, -0.05) is 30.3 Å². The molecule has 2 aromatic rings. The molecule has 0 bridgehead atoms. The second kappa shape index (κ2) is 6.74. The number of hydroxylamine groups is 1. The molecule has 0 saturated heterocycles. The first kappa shape index (κ1) is 18.2. The highest BCUT2D eigenvalue weighted by molar-refractivity contribution is 7.92.